The van der Waals surface area contributed by atoms with E-state index in [9.17, 15) is 4.79 Å². The van der Waals surface area contributed by atoms with E-state index in [1.807, 2.05) is 44.2 Å². The molecule has 0 radical (unpaired) electrons. The summed E-state index contributed by atoms with van der Waals surface area (Å²) in [5, 5.41) is 2.83. The minimum Gasteiger partial charge on any atom is -0.496 e. The van der Waals surface area contributed by atoms with Crippen molar-refractivity contribution in [3.63, 3.8) is 0 Å². The second-order valence-electron chi connectivity index (χ2n) is 4.50. The van der Waals surface area contributed by atoms with Gasteiger partial charge in [0.1, 0.15) is 5.75 Å². The number of amides is 1. The number of methoxy groups -OCH3 is 1. The Morgan fingerprint density at radius 1 is 1.30 bits per heavy atom. The summed E-state index contributed by atoms with van der Waals surface area (Å²) in [5.41, 5.74) is 3.71. The Bertz CT molecular complexity index is 624. The molecule has 0 atom stereocenters. The zero-order valence-corrected chi connectivity index (χ0v) is 11.9. The highest BCUT2D eigenvalue weighted by atomic mass is 16.5. The SMILES string of the molecule is CCC(=O)Nc1ccc(-c2ccnc(C)c2)c(OC)c1. The van der Waals surface area contributed by atoms with Gasteiger partial charge >= 0.3 is 0 Å². The number of rotatable bonds is 4. The summed E-state index contributed by atoms with van der Waals surface area (Å²) in [6.45, 7) is 3.77. The van der Waals surface area contributed by atoms with E-state index >= 15 is 0 Å². The third-order valence-corrected chi connectivity index (χ3v) is 3.01. The maximum atomic E-state index is 11.4. The normalized spacial score (nSPS) is 10.2. The van der Waals surface area contributed by atoms with Gasteiger partial charge in [0.25, 0.3) is 0 Å². The largest absolute Gasteiger partial charge is 0.496 e. The Morgan fingerprint density at radius 3 is 2.75 bits per heavy atom. The Morgan fingerprint density at radius 2 is 2.10 bits per heavy atom. The van der Waals surface area contributed by atoms with Crippen molar-refractivity contribution in [2.45, 2.75) is 20.3 Å². The fourth-order valence-corrected chi connectivity index (χ4v) is 1.97. The first-order valence-corrected chi connectivity index (χ1v) is 6.55. The van der Waals surface area contributed by atoms with Gasteiger partial charge in [0.15, 0.2) is 0 Å². The molecule has 1 aromatic heterocycles. The molecule has 4 nitrogen and oxygen atoms in total. The number of anilines is 1. The predicted molar refractivity (Wildman–Crippen MR) is 79.9 cm³/mol. The number of hydrogen-bond donors (Lipinski definition) is 1. The molecule has 0 aliphatic heterocycles. The van der Waals surface area contributed by atoms with Crippen molar-refractivity contribution in [3.05, 3.63) is 42.2 Å². The summed E-state index contributed by atoms with van der Waals surface area (Å²) >= 11 is 0. The molecule has 2 aromatic rings. The molecule has 20 heavy (non-hydrogen) atoms. The van der Waals surface area contributed by atoms with Gasteiger partial charge in [0, 0.05) is 35.6 Å². The summed E-state index contributed by atoms with van der Waals surface area (Å²) in [6, 6.07) is 9.59. The number of aryl methyl sites for hydroxylation is 1. The molecular formula is C16H18N2O2. The molecule has 1 aromatic carbocycles. The predicted octanol–water partition coefficient (Wildman–Crippen LogP) is 3.41. The lowest BCUT2D eigenvalue weighted by Crippen LogP contribution is -2.09. The van der Waals surface area contributed by atoms with Gasteiger partial charge in [-0.2, -0.15) is 0 Å². The summed E-state index contributed by atoms with van der Waals surface area (Å²) in [6.07, 6.45) is 2.23. The molecule has 0 spiro atoms. The highest BCUT2D eigenvalue weighted by Crippen LogP contribution is 2.32. The molecule has 0 bridgehead atoms. The van der Waals surface area contributed by atoms with Crippen LogP contribution >= 0.6 is 0 Å². The molecule has 104 valence electrons. The molecule has 1 amide bonds. The van der Waals surface area contributed by atoms with E-state index in [-0.39, 0.29) is 5.91 Å². The number of pyridine rings is 1. The number of ether oxygens (including phenoxy) is 1. The average molecular weight is 270 g/mol. The smallest absolute Gasteiger partial charge is 0.224 e. The van der Waals surface area contributed by atoms with Crippen LogP contribution in [0.2, 0.25) is 0 Å². The zero-order valence-electron chi connectivity index (χ0n) is 11.9. The van der Waals surface area contributed by atoms with E-state index in [1.54, 1.807) is 13.3 Å². The van der Waals surface area contributed by atoms with Crippen LogP contribution in [0, 0.1) is 6.92 Å². The molecule has 0 fully saturated rings. The van der Waals surface area contributed by atoms with Crippen LogP contribution in [0.4, 0.5) is 5.69 Å². The van der Waals surface area contributed by atoms with E-state index in [4.69, 9.17) is 4.74 Å². The number of carbonyl (C=O) groups excluding carboxylic acids is 1. The molecule has 2 rings (SSSR count). The summed E-state index contributed by atoms with van der Waals surface area (Å²) < 4.78 is 5.42. The number of benzene rings is 1. The molecule has 0 saturated carbocycles. The molecule has 1 heterocycles. The van der Waals surface area contributed by atoms with Crippen molar-refractivity contribution in [1.29, 1.82) is 0 Å². The minimum atomic E-state index is -0.0143. The van der Waals surface area contributed by atoms with Crippen molar-refractivity contribution < 1.29 is 9.53 Å². The van der Waals surface area contributed by atoms with Gasteiger partial charge in [-0.25, -0.2) is 0 Å². The third kappa shape index (κ3) is 3.15. The van der Waals surface area contributed by atoms with Crippen LogP contribution < -0.4 is 10.1 Å². The number of nitrogens with zero attached hydrogens (tertiary/aromatic N) is 1. The lowest BCUT2D eigenvalue weighted by molar-refractivity contribution is -0.115. The maximum absolute atomic E-state index is 11.4. The van der Waals surface area contributed by atoms with E-state index in [0.29, 0.717) is 6.42 Å². The van der Waals surface area contributed by atoms with Gasteiger partial charge < -0.3 is 10.1 Å². The molecule has 0 saturated heterocycles. The van der Waals surface area contributed by atoms with Crippen molar-refractivity contribution in [1.82, 2.24) is 4.98 Å². The van der Waals surface area contributed by atoms with Gasteiger partial charge in [0.05, 0.1) is 7.11 Å². The second kappa shape index (κ2) is 6.19. The van der Waals surface area contributed by atoms with E-state index in [0.717, 1.165) is 28.3 Å². The van der Waals surface area contributed by atoms with Crippen LogP contribution in [-0.2, 0) is 4.79 Å². The quantitative estimate of drug-likeness (QED) is 0.926. The minimum absolute atomic E-state index is 0.0143. The van der Waals surface area contributed by atoms with Crippen LogP contribution in [0.25, 0.3) is 11.1 Å². The van der Waals surface area contributed by atoms with E-state index in [2.05, 4.69) is 10.3 Å². The number of carbonyl (C=O) groups is 1. The highest BCUT2D eigenvalue weighted by molar-refractivity contribution is 5.91. The van der Waals surface area contributed by atoms with Gasteiger partial charge in [-0.1, -0.05) is 6.92 Å². The Balaban J connectivity index is 2.38. The fourth-order valence-electron chi connectivity index (χ4n) is 1.97. The lowest BCUT2D eigenvalue weighted by Gasteiger charge is -2.12. The first-order chi connectivity index (χ1) is 9.63. The number of aromatic nitrogens is 1. The van der Waals surface area contributed by atoms with E-state index in [1.165, 1.54) is 0 Å². The molecule has 0 unspecified atom stereocenters. The van der Waals surface area contributed by atoms with Crippen molar-refractivity contribution in [2.75, 3.05) is 12.4 Å². The topological polar surface area (TPSA) is 51.2 Å². The molecule has 4 heteroatoms. The van der Waals surface area contributed by atoms with Crippen molar-refractivity contribution in [3.8, 4) is 16.9 Å². The van der Waals surface area contributed by atoms with Gasteiger partial charge in [-0.15, -0.1) is 0 Å². The van der Waals surface area contributed by atoms with Crippen LogP contribution in [0.15, 0.2) is 36.5 Å². The number of hydrogen-bond acceptors (Lipinski definition) is 3. The maximum Gasteiger partial charge on any atom is 0.224 e. The first kappa shape index (κ1) is 14.1. The molecular weight excluding hydrogens is 252 g/mol. The Hall–Kier alpha value is -2.36. The monoisotopic (exact) mass is 270 g/mol. The molecule has 1 N–H and O–H groups in total. The highest BCUT2D eigenvalue weighted by Gasteiger charge is 2.08. The van der Waals surface area contributed by atoms with Crippen LogP contribution in [0.1, 0.15) is 19.0 Å². The zero-order chi connectivity index (χ0) is 14.5. The summed E-state index contributed by atoms with van der Waals surface area (Å²) in [4.78, 5) is 15.6. The lowest BCUT2D eigenvalue weighted by atomic mass is 10.0. The molecule has 0 aliphatic rings. The fraction of sp³-hybridized carbons (Fsp3) is 0.250. The Kier molecular flexibility index (Phi) is 4.35. The summed E-state index contributed by atoms with van der Waals surface area (Å²) in [5.74, 6) is 0.712. The number of nitrogens with one attached hydrogen (secondary N) is 1. The Labute approximate surface area is 118 Å². The van der Waals surface area contributed by atoms with Gasteiger partial charge in [-0.3, -0.25) is 9.78 Å². The van der Waals surface area contributed by atoms with Crippen molar-refractivity contribution >= 4 is 11.6 Å². The van der Waals surface area contributed by atoms with Crippen LogP contribution in [0.5, 0.6) is 5.75 Å². The molecule has 0 aliphatic carbocycles. The standard InChI is InChI=1S/C16H18N2O2/c1-4-16(19)18-13-5-6-14(15(10-13)20-3)12-7-8-17-11(2)9-12/h5-10H,4H2,1-3H3,(H,18,19). The third-order valence-electron chi connectivity index (χ3n) is 3.01. The van der Waals surface area contributed by atoms with E-state index < -0.39 is 0 Å². The van der Waals surface area contributed by atoms with Crippen LogP contribution in [-0.4, -0.2) is 18.0 Å². The summed E-state index contributed by atoms with van der Waals surface area (Å²) in [7, 11) is 1.62. The average Bonchev–Trinajstić information content (AvgIpc) is 2.47. The first-order valence-electron chi connectivity index (χ1n) is 6.55. The van der Waals surface area contributed by atoms with Gasteiger partial charge in [-0.05, 0) is 36.8 Å². The second-order valence-corrected chi connectivity index (χ2v) is 4.50. The van der Waals surface area contributed by atoms with Crippen LogP contribution in [0.3, 0.4) is 0 Å². The van der Waals surface area contributed by atoms with Gasteiger partial charge in [0.2, 0.25) is 5.91 Å². The van der Waals surface area contributed by atoms with Crippen molar-refractivity contribution in [2.24, 2.45) is 0 Å².